The highest BCUT2D eigenvalue weighted by molar-refractivity contribution is 7.15. The molecule has 2 aromatic rings. The van der Waals surface area contributed by atoms with Crippen LogP contribution in [-0.4, -0.2) is 22.1 Å². The van der Waals surface area contributed by atoms with Gasteiger partial charge in [-0.3, -0.25) is 4.79 Å². The van der Waals surface area contributed by atoms with Crippen LogP contribution in [0.25, 0.3) is 0 Å². The van der Waals surface area contributed by atoms with Crippen LogP contribution in [0.4, 0.5) is 5.13 Å². The van der Waals surface area contributed by atoms with Crippen molar-refractivity contribution >= 4 is 34.0 Å². The lowest BCUT2D eigenvalue weighted by atomic mass is 10.2. The molecule has 1 aromatic heterocycles. The highest BCUT2D eigenvalue weighted by atomic mass is 35.5. The Morgan fingerprint density at radius 1 is 1.50 bits per heavy atom. The molecule has 0 aliphatic carbocycles. The van der Waals surface area contributed by atoms with Crippen molar-refractivity contribution in [1.29, 1.82) is 0 Å². The van der Waals surface area contributed by atoms with Crippen LogP contribution in [-0.2, 0) is 11.2 Å². The molecule has 0 saturated carbocycles. The van der Waals surface area contributed by atoms with Crippen LogP contribution in [0.3, 0.4) is 0 Å². The lowest BCUT2D eigenvalue weighted by Crippen LogP contribution is -2.23. The molecule has 1 heterocycles. The van der Waals surface area contributed by atoms with Crippen LogP contribution in [0.1, 0.15) is 23.9 Å². The smallest absolute Gasteiger partial charge is 0.227 e. The summed E-state index contributed by atoms with van der Waals surface area (Å²) in [6, 6.07) is 7.40. The lowest BCUT2D eigenvalue weighted by molar-refractivity contribution is -0.116. The zero-order chi connectivity index (χ0) is 14.5. The molecular formula is C13H15ClN4OS. The quantitative estimate of drug-likeness (QED) is 0.889. The van der Waals surface area contributed by atoms with E-state index in [4.69, 9.17) is 17.3 Å². The van der Waals surface area contributed by atoms with Gasteiger partial charge in [-0.1, -0.05) is 35.1 Å². The Morgan fingerprint density at radius 2 is 2.30 bits per heavy atom. The topological polar surface area (TPSA) is 80.9 Å². The van der Waals surface area contributed by atoms with Gasteiger partial charge in [0.2, 0.25) is 11.0 Å². The number of amides is 1. The van der Waals surface area contributed by atoms with Crippen molar-refractivity contribution in [1.82, 2.24) is 10.2 Å². The minimum atomic E-state index is -0.172. The molecule has 0 aliphatic rings. The van der Waals surface area contributed by atoms with Crippen molar-refractivity contribution in [3.8, 4) is 0 Å². The summed E-state index contributed by atoms with van der Waals surface area (Å²) in [7, 11) is 0. The Kier molecular flexibility index (Phi) is 5.05. The monoisotopic (exact) mass is 310 g/mol. The largest absolute Gasteiger partial charge is 0.327 e. The fourth-order valence-corrected chi connectivity index (χ4v) is 2.66. The summed E-state index contributed by atoms with van der Waals surface area (Å²) in [5.41, 5.74) is 6.62. The first-order chi connectivity index (χ1) is 9.52. The second-order valence-electron chi connectivity index (χ2n) is 4.54. The van der Waals surface area contributed by atoms with Gasteiger partial charge >= 0.3 is 0 Å². The van der Waals surface area contributed by atoms with Crippen LogP contribution in [0, 0.1) is 0 Å². The Balaban J connectivity index is 1.97. The zero-order valence-corrected chi connectivity index (χ0v) is 12.5. The normalized spacial score (nSPS) is 12.2. The fourth-order valence-electron chi connectivity index (χ4n) is 1.66. The molecule has 3 N–H and O–H groups in total. The van der Waals surface area contributed by atoms with Gasteiger partial charge in [-0.15, -0.1) is 10.2 Å². The maximum absolute atomic E-state index is 11.6. The predicted molar refractivity (Wildman–Crippen MR) is 81.1 cm³/mol. The minimum absolute atomic E-state index is 0.148. The number of hydrogen-bond acceptors (Lipinski definition) is 5. The number of rotatable bonds is 5. The second-order valence-corrected chi connectivity index (χ2v) is 6.04. The van der Waals surface area contributed by atoms with Crippen molar-refractivity contribution in [3.05, 3.63) is 39.9 Å². The average Bonchev–Trinajstić information content (AvgIpc) is 2.75. The van der Waals surface area contributed by atoms with E-state index in [2.05, 4.69) is 15.5 Å². The van der Waals surface area contributed by atoms with Gasteiger partial charge in [0.15, 0.2) is 0 Å². The van der Waals surface area contributed by atoms with E-state index in [0.29, 0.717) is 16.6 Å². The maximum Gasteiger partial charge on any atom is 0.227 e. The molecule has 1 amide bonds. The van der Waals surface area contributed by atoms with E-state index < -0.39 is 0 Å². The third-order valence-corrected chi connectivity index (χ3v) is 3.54. The van der Waals surface area contributed by atoms with Crippen molar-refractivity contribution in [2.45, 2.75) is 25.8 Å². The summed E-state index contributed by atoms with van der Waals surface area (Å²) in [5, 5.41) is 12.7. The molecule has 2 rings (SSSR count). The van der Waals surface area contributed by atoms with Crippen molar-refractivity contribution < 1.29 is 4.79 Å². The van der Waals surface area contributed by atoms with E-state index in [1.807, 2.05) is 24.3 Å². The SMILES string of the molecule is CC(N)CC(=O)Nc1nnc(Cc2cccc(Cl)c2)s1. The molecule has 20 heavy (non-hydrogen) atoms. The Morgan fingerprint density at radius 3 is 3.00 bits per heavy atom. The number of benzene rings is 1. The van der Waals surface area contributed by atoms with Crippen molar-refractivity contribution in [2.75, 3.05) is 5.32 Å². The van der Waals surface area contributed by atoms with Gasteiger partial charge in [0.1, 0.15) is 5.01 Å². The fraction of sp³-hybridized carbons (Fsp3) is 0.308. The van der Waals surface area contributed by atoms with Gasteiger partial charge in [-0.05, 0) is 24.6 Å². The molecule has 5 nitrogen and oxygen atoms in total. The van der Waals surface area contributed by atoms with Crippen LogP contribution < -0.4 is 11.1 Å². The molecule has 0 fully saturated rings. The summed E-state index contributed by atoms with van der Waals surface area (Å²) >= 11 is 7.28. The van der Waals surface area contributed by atoms with Crippen molar-refractivity contribution in [3.63, 3.8) is 0 Å². The number of nitrogens with two attached hydrogens (primary N) is 1. The molecule has 1 atom stereocenters. The minimum Gasteiger partial charge on any atom is -0.327 e. The van der Waals surface area contributed by atoms with Gasteiger partial charge in [0.25, 0.3) is 0 Å². The number of anilines is 1. The lowest BCUT2D eigenvalue weighted by Gasteiger charge is -2.03. The third-order valence-electron chi connectivity index (χ3n) is 2.46. The molecule has 106 valence electrons. The highest BCUT2D eigenvalue weighted by Crippen LogP contribution is 2.20. The van der Waals surface area contributed by atoms with Crippen LogP contribution in [0.15, 0.2) is 24.3 Å². The third kappa shape index (κ3) is 4.56. The average molecular weight is 311 g/mol. The number of hydrogen-bond donors (Lipinski definition) is 2. The standard InChI is InChI=1S/C13H15ClN4OS/c1-8(15)5-11(19)16-13-18-17-12(20-13)7-9-3-2-4-10(14)6-9/h2-4,6,8H,5,7,15H2,1H3,(H,16,18,19). The first kappa shape index (κ1) is 14.9. The van der Waals surface area contributed by atoms with Crippen LogP contribution >= 0.6 is 22.9 Å². The van der Waals surface area contributed by atoms with Crippen molar-refractivity contribution in [2.24, 2.45) is 5.73 Å². The molecule has 1 unspecified atom stereocenters. The summed E-state index contributed by atoms with van der Waals surface area (Å²) < 4.78 is 0. The Labute approximate surface area is 126 Å². The molecular weight excluding hydrogens is 296 g/mol. The van der Waals surface area contributed by atoms with E-state index in [9.17, 15) is 4.79 Å². The first-order valence-corrected chi connectivity index (χ1v) is 7.34. The van der Waals surface area contributed by atoms with E-state index >= 15 is 0 Å². The van der Waals surface area contributed by atoms with Crippen LogP contribution in [0.2, 0.25) is 5.02 Å². The number of nitrogens with zero attached hydrogens (tertiary/aromatic N) is 2. The molecule has 0 saturated heterocycles. The van der Waals surface area contributed by atoms with Gasteiger partial charge in [0.05, 0.1) is 0 Å². The highest BCUT2D eigenvalue weighted by Gasteiger charge is 2.10. The van der Waals surface area contributed by atoms with Gasteiger partial charge in [-0.25, -0.2) is 0 Å². The Hall–Kier alpha value is -1.50. The van der Waals surface area contributed by atoms with Gasteiger partial charge in [-0.2, -0.15) is 0 Å². The van der Waals surface area contributed by atoms with E-state index in [0.717, 1.165) is 10.6 Å². The summed E-state index contributed by atoms with van der Waals surface area (Å²) in [4.78, 5) is 11.6. The first-order valence-electron chi connectivity index (χ1n) is 6.15. The number of carbonyl (C=O) groups is 1. The zero-order valence-electron chi connectivity index (χ0n) is 11.0. The van der Waals surface area contributed by atoms with E-state index in [1.165, 1.54) is 11.3 Å². The molecule has 0 radical (unpaired) electrons. The summed E-state index contributed by atoms with van der Waals surface area (Å²) in [5.74, 6) is -0.148. The molecule has 0 spiro atoms. The second kappa shape index (κ2) is 6.78. The summed E-state index contributed by atoms with van der Waals surface area (Å²) in [6.07, 6.45) is 0.907. The molecule has 0 aliphatic heterocycles. The molecule has 1 aromatic carbocycles. The van der Waals surface area contributed by atoms with Gasteiger partial charge in [0, 0.05) is 23.9 Å². The predicted octanol–water partition coefficient (Wildman–Crippen LogP) is 2.46. The van der Waals surface area contributed by atoms with Crippen LogP contribution in [0.5, 0.6) is 0 Å². The maximum atomic E-state index is 11.6. The van der Waals surface area contributed by atoms with E-state index in [1.54, 1.807) is 6.92 Å². The summed E-state index contributed by atoms with van der Waals surface area (Å²) in [6.45, 7) is 1.78. The number of halogens is 1. The van der Waals surface area contributed by atoms with E-state index in [-0.39, 0.29) is 18.4 Å². The molecule has 7 heteroatoms. The van der Waals surface area contributed by atoms with Gasteiger partial charge < -0.3 is 11.1 Å². The molecule has 0 bridgehead atoms. The Bertz CT molecular complexity index is 600. The number of carbonyl (C=O) groups excluding carboxylic acids is 1. The number of nitrogens with one attached hydrogen (secondary N) is 1. The number of aromatic nitrogens is 2.